The number of aromatic carboxylic acids is 1. The molecule has 21 heavy (non-hydrogen) atoms. The molecule has 0 unspecified atom stereocenters. The predicted octanol–water partition coefficient (Wildman–Crippen LogP) is 3.56. The first kappa shape index (κ1) is 15.2. The van der Waals surface area contributed by atoms with Gasteiger partial charge < -0.3 is 14.4 Å². The Morgan fingerprint density at radius 1 is 1.38 bits per heavy atom. The molecule has 0 amide bonds. The molecule has 0 spiro atoms. The van der Waals surface area contributed by atoms with Crippen LogP contribution in [0.5, 0.6) is 5.75 Å². The van der Waals surface area contributed by atoms with E-state index in [0.717, 1.165) is 11.8 Å². The molecule has 0 saturated heterocycles. The summed E-state index contributed by atoms with van der Waals surface area (Å²) in [4.78, 5) is 10.9. The number of nitrogens with zero attached hydrogens (tertiary/aromatic N) is 1. The smallest absolute Gasteiger partial charge is 0.476 e. The number of halogens is 3. The van der Waals surface area contributed by atoms with Crippen molar-refractivity contribution in [1.82, 2.24) is 5.16 Å². The van der Waals surface area contributed by atoms with E-state index in [2.05, 4.69) is 9.89 Å². The van der Waals surface area contributed by atoms with Gasteiger partial charge in [-0.05, 0) is 12.1 Å². The van der Waals surface area contributed by atoms with Crippen LogP contribution in [0.2, 0.25) is 0 Å². The molecule has 0 atom stereocenters. The van der Waals surface area contributed by atoms with Crippen LogP contribution in [0.25, 0.3) is 0 Å². The highest BCUT2D eigenvalue weighted by Crippen LogP contribution is 2.34. The van der Waals surface area contributed by atoms with Crippen molar-refractivity contribution in [3.05, 3.63) is 41.8 Å². The summed E-state index contributed by atoms with van der Waals surface area (Å²) in [5.41, 5.74) is -0.259. The predicted molar refractivity (Wildman–Crippen MR) is 66.1 cm³/mol. The molecule has 2 aromatic rings. The highest BCUT2D eigenvalue weighted by molar-refractivity contribution is 7.98. The monoisotopic (exact) mass is 319 g/mol. The average Bonchev–Trinajstić information content (AvgIpc) is 2.85. The van der Waals surface area contributed by atoms with Crippen molar-refractivity contribution >= 4 is 17.7 Å². The zero-order chi connectivity index (χ0) is 15.5. The van der Waals surface area contributed by atoms with E-state index in [1.807, 2.05) is 0 Å². The summed E-state index contributed by atoms with van der Waals surface area (Å²) in [6.45, 7) is 0. The zero-order valence-corrected chi connectivity index (χ0v) is 11.1. The largest absolute Gasteiger partial charge is 0.573 e. The number of rotatable bonds is 5. The zero-order valence-electron chi connectivity index (χ0n) is 10.3. The van der Waals surface area contributed by atoms with Crippen LogP contribution < -0.4 is 4.74 Å². The van der Waals surface area contributed by atoms with Crippen molar-refractivity contribution in [2.24, 2.45) is 0 Å². The highest BCUT2D eigenvalue weighted by Gasteiger charge is 2.32. The van der Waals surface area contributed by atoms with Crippen LogP contribution >= 0.6 is 11.8 Å². The number of hydrogen-bond acceptors (Lipinski definition) is 5. The Morgan fingerprint density at radius 3 is 2.71 bits per heavy atom. The Morgan fingerprint density at radius 2 is 2.10 bits per heavy atom. The van der Waals surface area contributed by atoms with E-state index in [-0.39, 0.29) is 27.9 Å². The topological polar surface area (TPSA) is 72.6 Å². The van der Waals surface area contributed by atoms with Crippen molar-refractivity contribution in [3.8, 4) is 5.75 Å². The van der Waals surface area contributed by atoms with Crippen LogP contribution in [0.15, 0.2) is 39.8 Å². The molecule has 1 N–H and O–H groups in total. The van der Waals surface area contributed by atoms with Gasteiger partial charge in [-0.2, -0.15) is 0 Å². The van der Waals surface area contributed by atoms with E-state index in [4.69, 9.17) is 9.63 Å². The Kier molecular flexibility index (Phi) is 4.41. The fourth-order valence-corrected chi connectivity index (χ4v) is 2.27. The van der Waals surface area contributed by atoms with Gasteiger partial charge in [0.05, 0.1) is 10.6 Å². The van der Waals surface area contributed by atoms with E-state index in [1.165, 1.54) is 24.3 Å². The molecule has 0 bridgehead atoms. The van der Waals surface area contributed by atoms with Crippen molar-refractivity contribution in [2.45, 2.75) is 17.0 Å². The van der Waals surface area contributed by atoms with Crippen LogP contribution in [-0.4, -0.2) is 22.6 Å². The molecule has 1 aromatic carbocycles. The number of carboxylic acid groups (broad SMARTS) is 1. The van der Waals surface area contributed by atoms with E-state index in [9.17, 15) is 18.0 Å². The number of para-hydroxylation sites is 1. The van der Waals surface area contributed by atoms with Crippen LogP contribution in [0.1, 0.15) is 16.2 Å². The number of aromatic nitrogens is 1. The number of alkyl halides is 3. The molecule has 0 saturated carbocycles. The second-order valence-corrected chi connectivity index (χ2v) is 4.78. The third kappa shape index (κ3) is 4.42. The van der Waals surface area contributed by atoms with Crippen LogP contribution in [0.4, 0.5) is 13.2 Å². The van der Waals surface area contributed by atoms with Gasteiger partial charge in [-0.15, -0.1) is 24.9 Å². The van der Waals surface area contributed by atoms with Crippen molar-refractivity contribution < 1.29 is 32.3 Å². The first-order chi connectivity index (χ1) is 9.85. The van der Waals surface area contributed by atoms with Crippen molar-refractivity contribution in [1.29, 1.82) is 0 Å². The lowest BCUT2D eigenvalue weighted by Gasteiger charge is -2.12. The minimum absolute atomic E-state index is 0.124. The van der Waals surface area contributed by atoms with Gasteiger partial charge in [-0.25, -0.2) is 4.79 Å². The lowest BCUT2D eigenvalue weighted by molar-refractivity contribution is -0.275. The molecule has 0 aliphatic rings. The number of ether oxygens (including phenoxy) is 1. The Bertz CT molecular complexity index is 641. The molecule has 2 rings (SSSR count). The second kappa shape index (κ2) is 6.08. The molecular weight excluding hydrogens is 311 g/mol. The Hall–Kier alpha value is -2.16. The molecule has 1 aromatic heterocycles. The first-order valence-corrected chi connectivity index (χ1v) is 6.50. The molecule has 0 aliphatic carbocycles. The minimum Gasteiger partial charge on any atom is -0.476 e. The minimum atomic E-state index is -4.78. The van der Waals surface area contributed by atoms with Crippen molar-refractivity contribution in [2.75, 3.05) is 0 Å². The van der Waals surface area contributed by atoms with E-state index in [1.54, 1.807) is 6.07 Å². The normalized spacial score (nSPS) is 11.4. The lowest BCUT2D eigenvalue weighted by Crippen LogP contribution is -2.17. The van der Waals surface area contributed by atoms with Gasteiger partial charge in [0.25, 0.3) is 0 Å². The fourth-order valence-electron chi connectivity index (χ4n) is 1.41. The maximum Gasteiger partial charge on any atom is 0.573 e. The van der Waals surface area contributed by atoms with Crippen molar-refractivity contribution in [3.63, 3.8) is 0 Å². The van der Waals surface area contributed by atoms with E-state index in [0.29, 0.717) is 0 Å². The number of carbonyl (C=O) groups is 1. The Balaban J connectivity index is 2.07. The molecule has 0 radical (unpaired) electrons. The number of benzene rings is 1. The SMILES string of the molecule is O=C(O)c1cc(CSc2ccccc2OC(F)(F)F)on1. The summed E-state index contributed by atoms with van der Waals surface area (Å²) in [7, 11) is 0. The molecule has 0 fully saturated rings. The number of carboxylic acids is 1. The summed E-state index contributed by atoms with van der Waals surface area (Å²) in [5, 5.41) is 12.0. The summed E-state index contributed by atoms with van der Waals surface area (Å²) >= 11 is 1.01. The van der Waals surface area contributed by atoms with Crippen LogP contribution in [0.3, 0.4) is 0 Å². The number of hydrogen-bond donors (Lipinski definition) is 1. The molecule has 112 valence electrons. The highest BCUT2D eigenvalue weighted by atomic mass is 32.2. The standard InChI is InChI=1S/C12H8F3NO4S/c13-12(14,15)19-9-3-1-2-4-10(9)21-6-7-5-8(11(17)18)16-20-7/h1-5H,6H2,(H,17,18). The van der Waals surface area contributed by atoms with Crippen LogP contribution in [0, 0.1) is 0 Å². The van der Waals surface area contributed by atoms with Gasteiger partial charge in [-0.3, -0.25) is 0 Å². The van der Waals surface area contributed by atoms with E-state index < -0.39 is 12.3 Å². The average molecular weight is 319 g/mol. The summed E-state index contributed by atoms with van der Waals surface area (Å²) in [6, 6.07) is 6.85. The maximum absolute atomic E-state index is 12.3. The second-order valence-electron chi connectivity index (χ2n) is 3.77. The summed E-state index contributed by atoms with van der Waals surface area (Å²) < 4.78 is 45.4. The van der Waals surface area contributed by atoms with Gasteiger partial charge in [0.1, 0.15) is 11.5 Å². The summed E-state index contributed by atoms with van der Waals surface area (Å²) in [6.07, 6.45) is -4.78. The van der Waals surface area contributed by atoms with Gasteiger partial charge in [-0.1, -0.05) is 17.3 Å². The molecule has 1 heterocycles. The first-order valence-electron chi connectivity index (χ1n) is 5.51. The van der Waals surface area contributed by atoms with E-state index >= 15 is 0 Å². The third-order valence-electron chi connectivity index (χ3n) is 2.22. The maximum atomic E-state index is 12.3. The van der Waals surface area contributed by atoms with Gasteiger partial charge in [0.2, 0.25) is 0 Å². The molecule has 5 nitrogen and oxygen atoms in total. The lowest BCUT2D eigenvalue weighted by atomic mass is 10.3. The fraction of sp³-hybridized carbons (Fsp3) is 0.167. The third-order valence-corrected chi connectivity index (χ3v) is 3.30. The summed E-state index contributed by atoms with van der Waals surface area (Å²) in [5.74, 6) is -1.21. The Labute approximate surface area is 120 Å². The van der Waals surface area contributed by atoms with Crippen LogP contribution in [-0.2, 0) is 5.75 Å². The molecule has 0 aliphatic heterocycles. The van der Waals surface area contributed by atoms with Gasteiger partial charge in [0.15, 0.2) is 5.69 Å². The number of thioether (sulfide) groups is 1. The molecular formula is C12H8F3NO4S. The van der Waals surface area contributed by atoms with Gasteiger partial charge in [0, 0.05) is 6.07 Å². The molecule has 9 heteroatoms. The van der Waals surface area contributed by atoms with Gasteiger partial charge >= 0.3 is 12.3 Å². The quantitative estimate of drug-likeness (QED) is 0.850.